The number of fused-ring (bicyclic) bond motifs is 1. The van der Waals surface area contributed by atoms with Crippen LogP contribution in [0.5, 0.6) is 0 Å². The summed E-state index contributed by atoms with van der Waals surface area (Å²) in [5, 5.41) is 0.887. The zero-order chi connectivity index (χ0) is 21.0. The molecule has 0 radical (unpaired) electrons. The smallest absolute Gasteiger partial charge is 0.307 e. The van der Waals surface area contributed by atoms with E-state index in [-0.39, 0.29) is 30.1 Å². The molecule has 0 unspecified atom stereocenters. The summed E-state index contributed by atoms with van der Waals surface area (Å²) < 4.78 is 6.13. The fourth-order valence-corrected chi connectivity index (χ4v) is 4.00. The van der Waals surface area contributed by atoms with Crippen LogP contribution < -0.4 is 5.56 Å². The fourth-order valence-electron chi connectivity index (χ4n) is 3.09. The third-order valence-corrected chi connectivity index (χ3v) is 5.58. The summed E-state index contributed by atoms with van der Waals surface area (Å²) in [5.74, 6) is -0.297. The van der Waals surface area contributed by atoms with E-state index in [0.717, 1.165) is 11.1 Å². The average Bonchev–Trinajstić information content (AvgIpc) is 2.71. The molecule has 1 heterocycles. The van der Waals surface area contributed by atoms with Gasteiger partial charge in [-0.15, -0.1) is 0 Å². The lowest BCUT2D eigenvalue weighted by molar-refractivity contribution is -0.140. The van der Waals surface area contributed by atoms with Crippen LogP contribution in [-0.2, 0) is 16.1 Å². The van der Waals surface area contributed by atoms with E-state index in [1.54, 1.807) is 18.2 Å². The van der Waals surface area contributed by atoms with E-state index in [0.29, 0.717) is 21.6 Å². The molecule has 0 fully saturated rings. The molecule has 1 aromatic heterocycles. The van der Waals surface area contributed by atoms with Gasteiger partial charge in [0, 0.05) is 12.1 Å². The first-order valence-corrected chi connectivity index (χ1v) is 10.2. The van der Waals surface area contributed by atoms with E-state index in [2.05, 4.69) is 9.72 Å². The number of esters is 1. The number of para-hydroxylation sites is 1. The van der Waals surface area contributed by atoms with Gasteiger partial charge in [0.1, 0.15) is 0 Å². The van der Waals surface area contributed by atoms with Gasteiger partial charge in [0.25, 0.3) is 5.56 Å². The molecular formula is C22H22N2O4S. The summed E-state index contributed by atoms with van der Waals surface area (Å²) in [7, 11) is 1.31. The van der Waals surface area contributed by atoms with Crippen molar-refractivity contribution in [1.82, 2.24) is 9.55 Å². The molecule has 0 N–H and O–H groups in total. The van der Waals surface area contributed by atoms with Crippen molar-refractivity contribution in [2.75, 3.05) is 12.9 Å². The summed E-state index contributed by atoms with van der Waals surface area (Å²) >= 11 is 1.20. The molecule has 0 amide bonds. The molecule has 0 saturated carbocycles. The van der Waals surface area contributed by atoms with Crippen LogP contribution in [0.15, 0.2) is 52.4 Å². The first-order chi connectivity index (χ1) is 13.9. The second-order valence-corrected chi connectivity index (χ2v) is 7.67. The second kappa shape index (κ2) is 9.05. The molecule has 3 rings (SSSR count). The van der Waals surface area contributed by atoms with Crippen molar-refractivity contribution in [2.24, 2.45) is 0 Å². The van der Waals surface area contributed by atoms with E-state index in [1.807, 2.05) is 38.1 Å². The summed E-state index contributed by atoms with van der Waals surface area (Å²) in [6.07, 6.45) is 0.0506. The third-order valence-electron chi connectivity index (χ3n) is 4.61. The number of aromatic nitrogens is 2. The van der Waals surface area contributed by atoms with Gasteiger partial charge >= 0.3 is 5.97 Å². The number of nitrogens with zero attached hydrogens (tertiary/aromatic N) is 2. The van der Waals surface area contributed by atoms with E-state index in [9.17, 15) is 14.4 Å². The highest BCUT2D eigenvalue weighted by Crippen LogP contribution is 2.21. The van der Waals surface area contributed by atoms with Crippen molar-refractivity contribution in [1.29, 1.82) is 0 Å². The minimum absolute atomic E-state index is 0.0329. The van der Waals surface area contributed by atoms with Crippen LogP contribution in [0, 0.1) is 13.8 Å². The van der Waals surface area contributed by atoms with Gasteiger partial charge in [-0.25, -0.2) is 4.98 Å². The molecule has 0 spiro atoms. The molecule has 0 aliphatic rings. The average molecular weight is 410 g/mol. The molecule has 0 aliphatic heterocycles. The standard InChI is InChI=1S/C22H22N2O4S/c1-14-8-9-16(15(2)12-14)19(25)13-29-22-23-18-7-5-4-6-17(18)21(27)24(22)11-10-20(26)28-3/h4-9,12H,10-11,13H2,1-3H3. The second-order valence-electron chi connectivity index (χ2n) is 6.72. The maximum Gasteiger partial charge on any atom is 0.307 e. The molecule has 29 heavy (non-hydrogen) atoms. The van der Waals surface area contributed by atoms with Crippen molar-refractivity contribution in [3.8, 4) is 0 Å². The first-order valence-electron chi connectivity index (χ1n) is 9.20. The molecule has 0 saturated heterocycles. The molecular weight excluding hydrogens is 388 g/mol. The van der Waals surface area contributed by atoms with Crippen LogP contribution in [0.3, 0.4) is 0 Å². The monoisotopic (exact) mass is 410 g/mol. The SMILES string of the molecule is COC(=O)CCn1c(SCC(=O)c2ccc(C)cc2C)nc2ccccc2c1=O. The Morgan fingerprint density at radius 3 is 2.62 bits per heavy atom. The summed E-state index contributed by atoms with van der Waals surface area (Å²) in [6.45, 7) is 4.03. The largest absolute Gasteiger partial charge is 0.469 e. The number of Topliss-reactive ketones (excluding diaryl/α,β-unsaturated/α-hetero) is 1. The Hall–Kier alpha value is -2.93. The number of ether oxygens (including phenoxy) is 1. The minimum atomic E-state index is -0.410. The van der Waals surface area contributed by atoms with Gasteiger partial charge in [-0.1, -0.05) is 47.7 Å². The van der Waals surface area contributed by atoms with E-state index in [1.165, 1.54) is 23.4 Å². The Balaban J connectivity index is 1.91. The quantitative estimate of drug-likeness (QED) is 0.257. The van der Waals surface area contributed by atoms with Crippen molar-refractivity contribution in [3.05, 3.63) is 69.5 Å². The number of methoxy groups -OCH3 is 1. The first kappa shape index (κ1) is 20.8. The number of carbonyl (C=O) groups excluding carboxylic acids is 2. The Morgan fingerprint density at radius 1 is 1.14 bits per heavy atom. The maximum absolute atomic E-state index is 12.9. The minimum Gasteiger partial charge on any atom is -0.469 e. The van der Waals surface area contributed by atoms with Gasteiger partial charge < -0.3 is 4.74 Å². The number of ketones is 1. The van der Waals surface area contributed by atoms with Crippen LogP contribution in [-0.4, -0.2) is 34.2 Å². The predicted molar refractivity (Wildman–Crippen MR) is 114 cm³/mol. The number of hydrogen-bond acceptors (Lipinski definition) is 6. The molecule has 150 valence electrons. The molecule has 0 atom stereocenters. The highest BCUT2D eigenvalue weighted by Gasteiger charge is 2.16. The van der Waals surface area contributed by atoms with E-state index < -0.39 is 5.97 Å². The normalized spacial score (nSPS) is 10.9. The van der Waals surface area contributed by atoms with Gasteiger partial charge in [-0.3, -0.25) is 19.0 Å². The Labute approximate surface area is 172 Å². The van der Waals surface area contributed by atoms with Crippen molar-refractivity contribution in [3.63, 3.8) is 0 Å². The lowest BCUT2D eigenvalue weighted by atomic mass is 10.0. The number of aryl methyl sites for hydroxylation is 2. The molecule has 3 aromatic rings. The Kier molecular flexibility index (Phi) is 6.49. The van der Waals surface area contributed by atoms with Crippen molar-refractivity contribution >= 4 is 34.4 Å². The third kappa shape index (κ3) is 4.74. The molecule has 7 heteroatoms. The Bertz CT molecular complexity index is 1140. The van der Waals surface area contributed by atoms with Crippen LogP contribution in [0.2, 0.25) is 0 Å². The van der Waals surface area contributed by atoms with Gasteiger partial charge in [0.15, 0.2) is 10.9 Å². The summed E-state index contributed by atoms with van der Waals surface area (Å²) in [4.78, 5) is 41.8. The zero-order valence-electron chi connectivity index (χ0n) is 16.6. The summed E-state index contributed by atoms with van der Waals surface area (Å²) in [6, 6.07) is 12.7. The number of benzene rings is 2. The lowest BCUT2D eigenvalue weighted by Crippen LogP contribution is -2.25. The fraction of sp³-hybridized carbons (Fsp3) is 0.273. The van der Waals surface area contributed by atoms with Crippen molar-refractivity contribution in [2.45, 2.75) is 32.0 Å². The Morgan fingerprint density at radius 2 is 1.90 bits per heavy atom. The number of thioether (sulfide) groups is 1. The maximum atomic E-state index is 12.9. The number of rotatable bonds is 7. The number of hydrogen-bond donors (Lipinski definition) is 0. The highest BCUT2D eigenvalue weighted by atomic mass is 32.2. The van der Waals surface area contributed by atoms with Gasteiger partial charge in [-0.2, -0.15) is 0 Å². The van der Waals surface area contributed by atoms with Gasteiger partial charge in [0.2, 0.25) is 0 Å². The molecule has 0 bridgehead atoms. The highest BCUT2D eigenvalue weighted by molar-refractivity contribution is 7.99. The predicted octanol–water partition coefficient (Wildman–Crippen LogP) is 3.55. The van der Waals surface area contributed by atoms with Gasteiger partial charge in [0.05, 0.1) is 30.2 Å². The topological polar surface area (TPSA) is 78.3 Å². The zero-order valence-corrected chi connectivity index (χ0v) is 17.4. The van der Waals surface area contributed by atoms with Crippen molar-refractivity contribution < 1.29 is 14.3 Å². The van der Waals surface area contributed by atoms with E-state index in [4.69, 9.17) is 0 Å². The van der Waals surface area contributed by atoms with Crippen LogP contribution >= 0.6 is 11.8 Å². The van der Waals surface area contributed by atoms with Gasteiger partial charge in [-0.05, 0) is 31.5 Å². The molecule has 2 aromatic carbocycles. The molecule has 0 aliphatic carbocycles. The summed E-state index contributed by atoms with van der Waals surface area (Å²) in [5.41, 5.74) is 3.01. The van der Waals surface area contributed by atoms with E-state index >= 15 is 0 Å². The number of carbonyl (C=O) groups is 2. The lowest BCUT2D eigenvalue weighted by Gasteiger charge is -2.13. The molecule has 6 nitrogen and oxygen atoms in total. The van der Waals surface area contributed by atoms with Crippen LogP contribution in [0.25, 0.3) is 10.9 Å². The van der Waals surface area contributed by atoms with Crippen LogP contribution in [0.1, 0.15) is 27.9 Å². The van der Waals surface area contributed by atoms with Crippen LogP contribution in [0.4, 0.5) is 0 Å².